The molecule has 3 N–H and O–H groups in total. The van der Waals surface area contributed by atoms with Crippen LogP contribution in [-0.2, 0) is 0 Å². The molecule has 1 aliphatic rings. The molecule has 1 aromatic rings. The Morgan fingerprint density at radius 3 is 2.84 bits per heavy atom. The highest BCUT2D eigenvalue weighted by molar-refractivity contribution is 5.22. The molecule has 0 spiro atoms. The third kappa shape index (κ3) is 3.49. The average Bonchev–Trinajstić information content (AvgIpc) is 2.69. The Kier molecular flexibility index (Phi) is 4.18. The van der Waals surface area contributed by atoms with Crippen LogP contribution in [0.25, 0.3) is 0 Å². The second kappa shape index (κ2) is 5.53. The van der Waals surface area contributed by atoms with E-state index >= 15 is 0 Å². The molecule has 3 nitrogen and oxygen atoms in total. The molecule has 2 rings (SSSR count). The van der Waals surface area contributed by atoms with Crippen LogP contribution in [0.1, 0.15) is 31.4 Å². The van der Waals surface area contributed by atoms with Gasteiger partial charge in [-0.25, -0.2) is 8.78 Å². The van der Waals surface area contributed by atoms with Crippen LogP contribution in [0.3, 0.4) is 0 Å². The monoisotopic (exact) mass is 270 g/mol. The summed E-state index contributed by atoms with van der Waals surface area (Å²) >= 11 is 0. The van der Waals surface area contributed by atoms with Gasteiger partial charge in [-0.3, -0.25) is 0 Å². The maximum atomic E-state index is 13.6. The summed E-state index contributed by atoms with van der Waals surface area (Å²) in [6.45, 7) is 3.89. The molecule has 0 bridgehead atoms. The van der Waals surface area contributed by atoms with Crippen LogP contribution in [0.4, 0.5) is 8.78 Å². The minimum atomic E-state index is -0.864. The lowest BCUT2D eigenvalue weighted by Gasteiger charge is -2.21. The van der Waals surface area contributed by atoms with Gasteiger partial charge in [0.2, 0.25) is 0 Å². The molecule has 2 atom stereocenters. The van der Waals surface area contributed by atoms with Crippen LogP contribution < -0.4 is 5.73 Å². The van der Waals surface area contributed by atoms with E-state index in [1.54, 1.807) is 6.92 Å². The van der Waals surface area contributed by atoms with E-state index < -0.39 is 23.3 Å². The fourth-order valence-electron chi connectivity index (χ4n) is 2.51. The molecule has 1 heterocycles. The Morgan fingerprint density at radius 2 is 2.21 bits per heavy atom. The quantitative estimate of drug-likeness (QED) is 0.877. The summed E-state index contributed by atoms with van der Waals surface area (Å²) < 4.78 is 26.7. The van der Waals surface area contributed by atoms with Gasteiger partial charge in [0.25, 0.3) is 0 Å². The van der Waals surface area contributed by atoms with E-state index in [0.29, 0.717) is 19.5 Å². The fraction of sp³-hybridized carbons (Fsp3) is 0.571. The fourth-order valence-corrected chi connectivity index (χ4v) is 2.51. The Bertz CT molecular complexity index is 451. The molecule has 0 saturated carbocycles. The molecule has 0 aromatic heterocycles. The van der Waals surface area contributed by atoms with E-state index in [1.165, 1.54) is 12.1 Å². The van der Waals surface area contributed by atoms with Crippen LogP contribution in [0.2, 0.25) is 0 Å². The summed E-state index contributed by atoms with van der Waals surface area (Å²) in [5, 5.41) is 9.85. The van der Waals surface area contributed by atoms with Gasteiger partial charge in [0, 0.05) is 31.2 Å². The Labute approximate surface area is 112 Å². The van der Waals surface area contributed by atoms with Gasteiger partial charge in [0.05, 0.1) is 5.60 Å². The number of hydrogen-bond donors (Lipinski definition) is 2. The van der Waals surface area contributed by atoms with Crippen molar-refractivity contribution in [3.05, 3.63) is 35.4 Å². The van der Waals surface area contributed by atoms with Crippen molar-refractivity contribution in [1.82, 2.24) is 4.90 Å². The van der Waals surface area contributed by atoms with Gasteiger partial charge in [0.1, 0.15) is 0 Å². The number of nitrogens with two attached hydrogens (primary N) is 1. The van der Waals surface area contributed by atoms with Crippen LogP contribution in [0, 0.1) is 11.6 Å². The molecule has 1 saturated heterocycles. The predicted octanol–water partition coefficient (Wildman–Crippen LogP) is 1.81. The van der Waals surface area contributed by atoms with E-state index in [-0.39, 0.29) is 5.56 Å². The molecule has 5 heteroatoms. The predicted molar refractivity (Wildman–Crippen MR) is 69.6 cm³/mol. The van der Waals surface area contributed by atoms with Gasteiger partial charge in [0.15, 0.2) is 11.6 Å². The summed E-state index contributed by atoms with van der Waals surface area (Å²) in [7, 11) is 0. The number of β-amino-alcohol motifs (C(OH)–C–C–N with tert-alkyl or cyclic N) is 1. The van der Waals surface area contributed by atoms with Crippen LogP contribution in [0.15, 0.2) is 18.2 Å². The first-order valence-electron chi connectivity index (χ1n) is 6.53. The highest BCUT2D eigenvalue weighted by Gasteiger charge is 2.31. The van der Waals surface area contributed by atoms with E-state index in [9.17, 15) is 13.9 Å². The summed E-state index contributed by atoms with van der Waals surface area (Å²) in [6.07, 6.45) is 1.27. The van der Waals surface area contributed by atoms with Crippen molar-refractivity contribution in [3.63, 3.8) is 0 Å². The molecule has 0 radical (unpaired) electrons. The molecular formula is C14H20F2N2O. The lowest BCUT2D eigenvalue weighted by Crippen LogP contribution is -2.31. The Hall–Kier alpha value is -1.04. The van der Waals surface area contributed by atoms with Gasteiger partial charge < -0.3 is 15.7 Å². The largest absolute Gasteiger partial charge is 0.389 e. The van der Waals surface area contributed by atoms with E-state index in [2.05, 4.69) is 4.90 Å². The molecule has 1 fully saturated rings. The number of benzene rings is 1. The number of rotatable bonds is 4. The minimum absolute atomic E-state index is 0.214. The van der Waals surface area contributed by atoms with E-state index in [0.717, 1.165) is 19.0 Å². The number of nitrogens with zero attached hydrogens (tertiary/aromatic N) is 1. The van der Waals surface area contributed by atoms with Crippen molar-refractivity contribution >= 4 is 0 Å². The van der Waals surface area contributed by atoms with Gasteiger partial charge in [-0.15, -0.1) is 0 Å². The van der Waals surface area contributed by atoms with Crippen LogP contribution in [-0.4, -0.2) is 35.2 Å². The number of aliphatic hydroxyl groups is 1. The molecule has 0 aliphatic carbocycles. The van der Waals surface area contributed by atoms with Gasteiger partial charge in [-0.05, 0) is 25.8 Å². The zero-order valence-electron chi connectivity index (χ0n) is 11.1. The highest BCUT2D eigenvalue weighted by Crippen LogP contribution is 2.23. The lowest BCUT2D eigenvalue weighted by molar-refractivity contribution is 0.0684. The first kappa shape index (κ1) is 14.4. The van der Waals surface area contributed by atoms with E-state index in [4.69, 9.17) is 5.73 Å². The summed E-state index contributed by atoms with van der Waals surface area (Å²) in [5.74, 6) is -1.72. The van der Waals surface area contributed by atoms with Crippen molar-refractivity contribution in [3.8, 4) is 0 Å². The number of hydrogen-bond acceptors (Lipinski definition) is 3. The van der Waals surface area contributed by atoms with Gasteiger partial charge in [-0.1, -0.05) is 12.1 Å². The maximum absolute atomic E-state index is 13.6. The zero-order valence-corrected chi connectivity index (χ0v) is 11.1. The molecule has 1 aliphatic heterocycles. The zero-order chi connectivity index (χ0) is 14.0. The molecule has 2 unspecified atom stereocenters. The maximum Gasteiger partial charge on any atom is 0.163 e. The third-order valence-electron chi connectivity index (χ3n) is 3.67. The van der Waals surface area contributed by atoms with Crippen molar-refractivity contribution in [1.29, 1.82) is 0 Å². The normalized spacial score (nSPS) is 25.7. The van der Waals surface area contributed by atoms with E-state index in [1.807, 2.05) is 0 Å². The lowest BCUT2D eigenvalue weighted by atomic mass is 10.0. The topological polar surface area (TPSA) is 49.5 Å². The third-order valence-corrected chi connectivity index (χ3v) is 3.67. The SMILES string of the molecule is CC1(O)CCN(CCC(N)c2cccc(F)c2F)C1. The van der Waals surface area contributed by atoms with Gasteiger partial charge >= 0.3 is 0 Å². The van der Waals surface area contributed by atoms with Crippen molar-refractivity contribution in [2.75, 3.05) is 19.6 Å². The second-order valence-corrected chi connectivity index (χ2v) is 5.56. The average molecular weight is 270 g/mol. The first-order valence-corrected chi connectivity index (χ1v) is 6.53. The Morgan fingerprint density at radius 1 is 1.47 bits per heavy atom. The van der Waals surface area contributed by atoms with Crippen molar-refractivity contribution in [2.24, 2.45) is 5.73 Å². The van der Waals surface area contributed by atoms with Crippen molar-refractivity contribution in [2.45, 2.75) is 31.4 Å². The Balaban J connectivity index is 1.91. The molecule has 1 aromatic carbocycles. The van der Waals surface area contributed by atoms with Crippen LogP contribution >= 0.6 is 0 Å². The summed E-state index contributed by atoms with van der Waals surface area (Å²) in [5.41, 5.74) is 5.48. The summed E-state index contributed by atoms with van der Waals surface area (Å²) in [6, 6.07) is 3.54. The molecule has 106 valence electrons. The molecule has 19 heavy (non-hydrogen) atoms. The smallest absolute Gasteiger partial charge is 0.163 e. The first-order chi connectivity index (χ1) is 8.89. The number of likely N-dealkylation sites (tertiary alicyclic amines) is 1. The van der Waals surface area contributed by atoms with Crippen LogP contribution in [0.5, 0.6) is 0 Å². The summed E-state index contributed by atoms with van der Waals surface area (Å²) in [4.78, 5) is 2.09. The molecular weight excluding hydrogens is 250 g/mol. The molecule has 0 amide bonds. The standard InChI is InChI=1S/C14H20F2N2O/c1-14(19)6-8-18(9-14)7-5-12(17)10-3-2-4-11(15)13(10)16/h2-4,12,19H,5-9,17H2,1H3. The highest BCUT2D eigenvalue weighted by atomic mass is 19.2. The van der Waals surface area contributed by atoms with Crippen molar-refractivity contribution < 1.29 is 13.9 Å². The van der Waals surface area contributed by atoms with Gasteiger partial charge in [-0.2, -0.15) is 0 Å². The second-order valence-electron chi connectivity index (χ2n) is 5.56. The minimum Gasteiger partial charge on any atom is -0.389 e. The number of halogens is 2.